The second-order valence-electron chi connectivity index (χ2n) is 3.75. The lowest BCUT2D eigenvalue weighted by Crippen LogP contribution is -2.29. The molecule has 0 aliphatic carbocycles. The molecular formula is C12H14BrNO4. The summed E-state index contributed by atoms with van der Waals surface area (Å²) in [5, 5.41) is 8.49. The van der Waals surface area contributed by atoms with E-state index in [1.54, 1.807) is 0 Å². The summed E-state index contributed by atoms with van der Waals surface area (Å²) in [6.07, 6.45) is -0.622. The average Bonchev–Trinajstić information content (AvgIpc) is 2.34. The molecule has 1 aromatic carbocycles. The molecule has 0 saturated heterocycles. The molecule has 6 heteroatoms. The van der Waals surface area contributed by atoms with Gasteiger partial charge in [-0.3, -0.25) is 4.79 Å². The van der Waals surface area contributed by atoms with E-state index in [2.05, 4.69) is 15.9 Å². The highest BCUT2D eigenvalue weighted by molar-refractivity contribution is 9.10. The Bertz CT molecular complexity index is 419. The van der Waals surface area contributed by atoms with Crippen LogP contribution in [0.4, 0.5) is 4.79 Å². The molecule has 0 aliphatic rings. The van der Waals surface area contributed by atoms with Gasteiger partial charge in [-0.15, -0.1) is 0 Å². The van der Waals surface area contributed by atoms with Crippen LogP contribution in [0.5, 0.6) is 0 Å². The minimum absolute atomic E-state index is 0.0934. The van der Waals surface area contributed by atoms with Crippen LogP contribution in [-0.4, -0.2) is 35.7 Å². The zero-order chi connectivity index (χ0) is 13.5. The third-order valence-electron chi connectivity index (χ3n) is 2.25. The number of carbonyl (C=O) groups is 2. The Morgan fingerprint density at radius 1 is 1.33 bits per heavy atom. The van der Waals surface area contributed by atoms with Crippen molar-refractivity contribution in [3.63, 3.8) is 0 Å². The van der Waals surface area contributed by atoms with Crippen LogP contribution in [0.1, 0.15) is 12.0 Å². The number of carbonyl (C=O) groups excluding carboxylic acids is 1. The zero-order valence-electron chi connectivity index (χ0n) is 9.93. The van der Waals surface area contributed by atoms with Crippen LogP contribution in [0.25, 0.3) is 0 Å². The van der Waals surface area contributed by atoms with E-state index in [-0.39, 0.29) is 19.6 Å². The normalized spacial score (nSPS) is 9.89. The summed E-state index contributed by atoms with van der Waals surface area (Å²) in [5.41, 5.74) is 0.873. The number of nitrogens with zero attached hydrogens (tertiary/aromatic N) is 1. The summed E-state index contributed by atoms with van der Waals surface area (Å²) in [7, 11) is 1.51. The minimum atomic E-state index is -0.942. The topological polar surface area (TPSA) is 66.8 Å². The van der Waals surface area contributed by atoms with E-state index in [9.17, 15) is 9.59 Å². The summed E-state index contributed by atoms with van der Waals surface area (Å²) in [4.78, 5) is 23.1. The molecule has 0 fully saturated rings. The van der Waals surface area contributed by atoms with Gasteiger partial charge in [0.1, 0.15) is 6.61 Å². The van der Waals surface area contributed by atoms with Gasteiger partial charge in [-0.05, 0) is 17.7 Å². The molecule has 0 bridgehead atoms. The molecule has 0 saturated carbocycles. The van der Waals surface area contributed by atoms with Crippen molar-refractivity contribution in [1.82, 2.24) is 4.90 Å². The van der Waals surface area contributed by atoms with Crippen LogP contribution in [0.15, 0.2) is 28.7 Å². The first-order chi connectivity index (χ1) is 8.49. The van der Waals surface area contributed by atoms with E-state index in [0.717, 1.165) is 10.0 Å². The van der Waals surface area contributed by atoms with Crippen molar-refractivity contribution in [2.75, 3.05) is 13.6 Å². The van der Waals surface area contributed by atoms with Crippen molar-refractivity contribution in [2.24, 2.45) is 0 Å². The van der Waals surface area contributed by atoms with E-state index in [1.165, 1.54) is 11.9 Å². The summed E-state index contributed by atoms with van der Waals surface area (Å²) >= 11 is 3.31. The molecule has 1 aromatic rings. The van der Waals surface area contributed by atoms with E-state index in [0.29, 0.717) is 0 Å². The lowest BCUT2D eigenvalue weighted by Gasteiger charge is -2.15. The molecule has 0 unspecified atom stereocenters. The van der Waals surface area contributed by atoms with E-state index >= 15 is 0 Å². The maximum atomic E-state index is 11.5. The molecule has 18 heavy (non-hydrogen) atoms. The van der Waals surface area contributed by atoms with Gasteiger partial charge in [-0.2, -0.15) is 0 Å². The second-order valence-corrected chi connectivity index (χ2v) is 4.66. The number of ether oxygens (including phenoxy) is 1. The third-order valence-corrected chi connectivity index (χ3v) is 2.78. The number of carboxylic acid groups (broad SMARTS) is 1. The highest BCUT2D eigenvalue weighted by Gasteiger charge is 2.11. The fourth-order valence-corrected chi connectivity index (χ4v) is 1.45. The summed E-state index contributed by atoms with van der Waals surface area (Å²) in [5.74, 6) is -0.942. The molecule has 0 radical (unpaired) electrons. The lowest BCUT2D eigenvalue weighted by molar-refractivity contribution is -0.137. The zero-order valence-corrected chi connectivity index (χ0v) is 11.5. The van der Waals surface area contributed by atoms with Gasteiger partial charge < -0.3 is 14.7 Å². The summed E-state index contributed by atoms with van der Waals surface area (Å²) < 4.78 is 6.00. The maximum absolute atomic E-state index is 11.5. The van der Waals surface area contributed by atoms with Crippen molar-refractivity contribution in [3.05, 3.63) is 34.3 Å². The molecule has 0 aromatic heterocycles. The summed E-state index contributed by atoms with van der Waals surface area (Å²) in [6.45, 7) is 0.304. The van der Waals surface area contributed by atoms with Gasteiger partial charge in [-0.1, -0.05) is 28.1 Å². The number of carboxylic acids is 1. The number of amides is 1. The first-order valence-corrected chi connectivity index (χ1v) is 6.12. The average molecular weight is 316 g/mol. The SMILES string of the molecule is CN(CCC(=O)O)C(=O)OCc1ccc(Br)cc1. The Kier molecular flexibility index (Phi) is 5.64. The number of rotatable bonds is 5. The van der Waals surface area contributed by atoms with Gasteiger partial charge in [0.25, 0.3) is 0 Å². The predicted molar refractivity (Wildman–Crippen MR) is 69.2 cm³/mol. The standard InChI is InChI=1S/C12H14BrNO4/c1-14(7-6-11(15)16)12(17)18-8-9-2-4-10(13)5-3-9/h2-5H,6-8H2,1H3,(H,15,16). The summed E-state index contributed by atoms with van der Waals surface area (Å²) in [6, 6.07) is 7.40. The Hall–Kier alpha value is -1.56. The first-order valence-electron chi connectivity index (χ1n) is 5.33. The van der Waals surface area contributed by atoms with Crippen LogP contribution in [0, 0.1) is 0 Å². The van der Waals surface area contributed by atoms with Gasteiger partial charge in [0.2, 0.25) is 0 Å². The Balaban J connectivity index is 2.36. The number of hydrogen-bond acceptors (Lipinski definition) is 3. The molecule has 98 valence electrons. The Labute approximate surface area is 113 Å². The van der Waals surface area contributed by atoms with Gasteiger partial charge in [0.15, 0.2) is 0 Å². The monoisotopic (exact) mass is 315 g/mol. The van der Waals surface area contributed by atoms with Crippen molar-refractivity contribution in [3.8, 4) is 0 Å². The number of halogens is 1. The van der Waals surface area contributed by atoms with E-state index < -0.39 is 12.1 Å². The quantitative estimate of drug-likeness (QED) is 0.906. The molecule has 0 heterocycles. The predicted octanol–water partition coefficient (Wildman–Crippen LogP) is 2.49. The van der Waals surface area contributed by atoms with Crippen LogP contribution in [0.3, 0.4) is 0 Å². The van der Waals surface area contributed by atoms with Gasteiger partial charge in [0.05, 0.1) is 6.42 Å². The van der Waals surface area contributed by atoms with Crippen LogP contribution >= 0.6 is 15.9 Å². The molecule has 1 rings (SSSR count). The molecule has 1 amide bonds. The molecular weight excluding hydrogens is 302 g/mol. The van der Waals surface area contributed by atoms with Crippen molar-refractivity contribution >= 4 is 28.0 Å². The van der Waals surface area contributed by atoms with E-state index in [4.69, 9.17) is 9.84 Å². The highest BCUT2D eigenvalue weighted by Crippen LogP contribution is 2.11. The Morgan fingerprint density at radius 2 is 1.94 bits per heavy atom. The van der Waals surface area contributed by atoms with Crippen molar-refractivity contribution in [1.29, 1.82) is 0 Å². The fraction of sp³-hybridized carbons (Fsp3) is 0.333. The molecule has 0 aliphatic heterocycles. The van der Waals surface area contributed by atoms with Crippen LogP contribution in [0.2, 0.25) is 0 Å². The fourth-order valence-electron chi connectivity index (χ4n) is 1.19. The second kappa shape index (κ2) is 7.00. The third kappa shape index (κ3) is 5.18. The van der Waals surface area contributed by atoms with Gasteiger partial charge in [0, 0.05) is 18.1 Å². The first kappa shape index (κ1) is 14.5. The lowest BCUT2D eigenvalue weighted by atomic mass is 10.2. The molecule has 1 N–H and O–H groups in total. The van der Waals surface area contributed by atoms with Gasteiger partial charge >= 0.3 is 12.1 Å². The molecule has 5 nitrogen and oxygen atoms in total. The smallest absolute Gasteiger partial charge is 0.409 e. The highest BCUT2D eigenvalue weighted by atomic mass is 79.9. The Morgan fingerprint density at radius 3 is 2.50 bits per heavy atom. The minimum Gasteiger partial charge on any atom is -0.481 e. The van der Waals surface area contributed by atoms with Gasteiger partial charge in [-0.25, -0.2) is 4.79 Å². The van der Waals surface area contributed by atoms with Crippen molar-refractivity contribution < 1.29 is 19.4 Å². The molecule has 0 atom stereocenters. The molecule has 0 spiro atoms. The number of benzene rings is 1. The van der Waals surface area contributed by atoms with Crippen LogP contribution < -0.4 is 0 Å². The van der Waals surface area contributed by atoms with Crippen LogP contribution in [-0.2, 0) is 16.1 Å². The largest absolute Gasteiger partial charge is 0.481 e. The number of aliphatic carboxylic acids is 1. The number of hydrogen-bond donors (Lipinski definition) is 1. The maximum Gasteiger partial charge on any atom is 0.409 e. The van der Waals surface area contributed by atoms with Crippen molar-refractivity contribution in [2.45, 2.75) is 13.0 Å². The van der Waals surface area contributed by atoms with E-state index in [1.807, 2.05) is 24.3 Å².